The molecule has 0 fully saturated rings. The molecule has 0 saturated heterocycles. The Morgan fingerprint density at radius 3 is 2.70 bits per heavy atom. The minimum Gasteiger partial charge on any atom is -0.345 e. The highest BCUT2D eigenvalue weighted by atomic mass is 19.1. The van der Waals surface area contributed by atoms with E-state index in [1.807, 2.05) is 0 Å². The molecule has 0 radical (unpaired) electrons. The lowest BCUT2D eigenvalue weighted by Crippen LogP contribution is -2.28. The van der Waals surface area contributed by atoms with Crippen molar-refractivity contribution in [2.24, 2.45) is 0 Å². The SMILES string of the molecule is CC(NC(=O)c1ccc2c(=O)n3c(nc2c1)CCCCCC3)c1ccc(F)cc1F. The first-order valence-electron chi connectivity index (χ1n) is 10.2. The van der Waals surface area contributed by atoms with Gasteiger partial charge in [-0.25, -0.2) is 13.8 Å². The van der Waals surface area contributed by atoms with E-state index in [1.54, 1.807) is 29.7 Å². The van der Waals surface area contributed by atoms with Gasteiger partial charge >= 0.3 is 0 Å². The van der Waals surface area contributed by atoms with Crippen molar-refractivity contribution in [2.45, 2.75) is 51.6 Å². The summed E-state index contributed by atoms with van der Waals surface area (Å²) in [6.45, 7) is 2.29. The van der Waals surface area contributed by atoms with Crippen LogP contribution < -0.4 is 10.9 Å². The summed E-state index contributed by atoms with van der Waals surface area (Å²) < 4.78 is 28.9. The quantitative estimate of drug-likeness (QED) is 0.700. The fourth-order valence-corrected chi connectivity index (χ4v) is 3.95. The van der Waals surface area contributed by atoms with E-state index in [0.29, 0.717) is 23.0 Å². The van der Waals surface area contributed by atoms with Crippen LogP contribution in [0.1, 0.15) is 60.4 Å². The van der Waals surface area contributed by atoms with E-state index in [4.69, 9.17) is 0 Å². The highest BCUT2D eigenvalue weighted by molar-refractivity contribution is 5.97. The van der Waals surface area contributed by atoms with E-state index in [1.165, 1.54) is 6.07 Å². The average Bonchev–Trinajstić information content (AvgIpc) is 2.69. The van der Waals surface area contributed by atoms with E-state index in [2.05, 4.69) is 10.3 Å². The van der Waals surface area contributed by atoms with Crippen molar-refractivity contribution in [3.05, 3.63) is 75.3 Å². The minimum absolute atomic E-state index is 0.0781. The number of halogens is 2. The molecule has 0 saturated carbocycles. The highest BCUT2D eigenvalue weighted by Crippen LogP contribution is 2.20. The van der Waals surface area contributed by atoms with Crippen LogP contribution in [0.5, 0.6) is 0 Å². The molecule has 0 aliphatic carbocycles. The molecule has 0 spiro atoms. The number of carbonyl (C=O) groups excluding carboxylic acids is 1. The first kappa shape index (κ1) is 20.2. The average molecular weight is 411 g/mol. The van der Waals surface area contributed by atoms with E-state index in [9.17, 15) is 18.4 Å². The second-order valence-corrected chi connectivity index (χ2v) is 7.74. The Kier molecular flexibility index (Phi) is 5.61. The Bertz CT molecular complexity index is 1170. The van der Waals surface area contributed by atoms with Crippen LogP contribution >= 0.6 is 0 Å². The lowest BCUT2D eigenvalue weighted by atomic mass is 10.1. The first-order valence-corrected chi connectivity index (χ1v) is 10.2. The Morgan fingerprint density at radius 1 is 1.10 bits per heavy atom. The number of nitrogens with zero attached hydrogens (tertiary/aromatic N) is 2. The van der Waals surface area contributed by atoms with Crippen LogP contribution in [0.15, 0.2) is 41.2 Å². The summed E-state index contributed by atoms with van der Waals surface area (Å²) in [5, 5.41) is 3.20. The fraction of sp³-hybridized carbons (Fsp3) is 0.348. The number of aryl methyl sites for hydroxylation is 1. The Labute approximate surface area is 172 Å². The largest absolute Gasteiger partial charge is 0.345 e. The predicted octanol–water partition coefficient (Wildman–Crippen LogP) is 4.28. The summed E-state index contributed by atoms with van der Waals surface area (Å²) in [6.07, 6.45) is 4.91. The topological polar surface area (TPSA) is 64.0 Å². The molecule has 2 aromatic carbocycles. The van der Waals surface area contributed by atoms with E-state index < -0.39 is 23.6 Å². The van der Waals surface area contributed by atoms with Crippen LogP contribution in [0.25, 0.3) is 10.9 Å². The van der Waals surface area contributed by atoms with Gasteiger partial charge in [0.25, 0.3) is 11.5 Å². The zero-order chi connectivity index (χ0) is 21.3. The third-order valence-corrected chi connectivity index (χ3v) is 5.61. The van der Waals surface area contributed by atoms with Gasteiger partial charge in [-0.1, -0.05) is 18.9 Å². The summed E-state index contributed by atoms with van der Waals surface area (Å²) in [5.74, 6) is -1.04. The molecule has 156 valence electrons. The predicted molar refractivity (Wildman–Crippen MR) is 110 cm³/mol. The van der Waals surface area contributed by atoms with Crippen molar-refractivity contribution in [1.82, 2.24) is 14.9 Å². The number of nitrogens with one attached hydrogen (secondary N) is 1. The maximum Gasteiger partial charge on any atom is 0.261 e. The molecule has 1 aromatic heterocycles. The number of benzene rings is 2. The molecule has 1 aliphatic heterocycles. The number of hydrogen-bond donors (Lipinski definition) is 1. The molecule has 1 N–H and O–H groups in total. The number of amides is 1. The third-order valence-electron chi connectivity index (χ3n) is 5.61. The van der Waals surface area contributed by atoms with Gasteiger partial charge in [0.05, 0.1) is 16.9 Å². The van der Waals surface area contributed by atoms with Crippen LogP contribution in [0.4, 0.5) is 8.78 Å². The van der Waals surface area contributed by atoms with Crippen molar-refractivity contribution in [1.29, 1.82) is 0 Å². The second-order valence-electron chi connectivity index (χ2n) is 7.74. The number of rotatable bonds is 3. The number of hydrogen-bond acceptors (Lipinski definition) is 3. The van der Waals surface area contributed by atoms with Crippen molar-refractivity contribution in [3.63, 3.8) is 0 Å². The monoisotopic (exact) mass is 411 g/mol. The van der Waals surface area contributed by atoms with Crippen LogP contribution in [-0.4, -0.2) is 15.5 Å². The fourth-order valence-electron chi connectivity index (χ4n) is 3.95. The lowest BCUT2D eigenvalue weighted by molar-refractivity contribution is 0.0939. The van der Waals surface area contributed by atoms with Gasteiger partial charge in [0.15, 0.2) is 0 Å². The number of aromatic nitrogens is 2. The molecular formula is C23H23F2N3O2. The van der Waals surface area contributed by atoms with Gasteiger partial charge in [0.2, 0.25) is 0 Å². The molecule has 5 nitrogen and oxygen atoms in total. The molecular weight excluding hydrogens is 388 g/mol. The van der Waals surface area contributed by atoms with Crippen LogP contribution in [-0.2, 0) is 13.0 Å². The summed E-state index contributed by atoms with van der Waals surface area (Å²) in [5.41, 5.74) is 0.938. The summed E-state index contributed by atoms with van der Waals surface area (Å²) in [7, 11) is 0. The standard InChI is InChI=1S/C23H23F2N3O2/c1-14(17-10-8-16(24)13-19(17)25)26-22(29)15-7-9-18-20(12-15)27-21-6-4-2-3-5-11-28(21)23(18)30/h7-10,12-14H,2-6,11H2,1H3,(H,26,29). The zero-order valence-electron chi connectivity index (χ0n) is 16.8. The zero-order valence-corrected chi connectivity index (χ0v) is 16.8. The molecule has 4 rings (SSSR count). The second kappa shape index (κ2) is 8.34. The molecule has 1 unspecified atom stereocenters. The maximum absolute atomic E-state index is 14.0. The molecule has 3 aromatic rings. The van der Waals surface area contributed by atoms with Gasteiger partial charge in [-0.3, -0.25) is 14.2 Å². The molecule has 1 atom stereocenters. The Morgan fingerprint density at radius 2 is 1.90 bits per heavy atom. The van der Waals surface area contributed by atoms with Gasteiger partial charge < -0.3 is 5.32 Å². The van der Waals surface area contributed by atoms with E-state index >= 15 is 0 Å². The molecule has 30 heavy (non-hydrogen) atoms. The lowest BCUT2D eigenvalue weighted by Gasteiger charge is -2.17. The number of carbonyl (C=O) groups is 1. The molecule has 2 heterocycles. The molecule has 1 amide bonds. The van der Waals surface area contributed by atoms with Crippen molar-refractivity contribution in [2.75, 3.05) is 0 Å². The van der Waals surface area contributed by atoms with E-state index in [0.717, 1.165) is 50.1 Å². The summed E-state index contributed by atoms with van der Waals surface area (Å²) in [4.78, 5) is 30.3. The molecule has 0 bridgehead atoms. The first-order chi connectivity index (χ1) is 14.4. The Hall–Kier alpha value is -3.09. The summed E-state index contributed by atoms with van der Waals surface area (Å²) in [6, 6.07) is 7.40. The van der Waals surface area contributed by atoms with E-state index in [-0.39, 0.29) is 11.1 Å². The van der Waals surface area contributed by atoms with Crippen LogP contribution in [0.3, 0.4) is 0 Å². The van der Waals surface area contributed by atoms with Crippen molar-refractivity contribution in [3.8, 4) is 0 Å². The normalized spacial score (nSPS) is 15.2. The van der Waals surface area contributed by atoms with Gasteiger partial charge in [-0.05, 0) is 44.0 Å². The highest BCUT2D eigenvalue weighted by Gasteiger charge is 2.18. The summed E-state index contributed by atoms with van der Waals surface area (Å²) >= 11 is 0. The third kappa shape index (κ3) is 3.97. The van der Waals surface area contributed by atoms with Gasteiger partial charge in [0, 0.05) is 30.2 Å². The maximum atomic E-state index is 14.0. The van der Waals surface area contributed by atoms with Crippen LogP contribution in [0.2, 0.25) is 0 Å². The van der Waals surface area contributed by atoms with Crippen molar-refractivity contribution < 1.29 is 13.6 Å². The molecule has 7 heteroatoms. The Balaban J connectivity index is 1.63. The molecule has 1 aliphatic rings. The van der Waals surface area contributed by atoms with Crippen molar-refractivity contribution >= 4 is 16.8 Å². The van der Waals surface area contributed by atoms with Gasteiger partial charge in [-0.15, -0.1) is 0 Å². The van der Waals surface area contributed by atoms with Crippen LogP contribution in [0, 0.1) is 11.6 Å². The minimum atomic E-state index is -0.713. The number of fused-ring (bicyclic) bond motifs is 2. The smallest absolute Gasteiger partial charge is 0.261 e. The van der Waals surface area contributed by atoms with Gasteiger partial charge in [-0.2, -0.15) is 0 Å². The van der Waals surface area contributed by atoms with Gasteiger partial charge in [0.1, 0.15) is 17.5 Å².